The molecule has 0 aliphatic heterocycles. The summed E-state index contributed by atoms with van der Waals surface area (Å²) in [6, 6.07) is 4.29. The Kier molecular flexibility index (Phi) is 6.73. The summed E-state index contributed by atoms with van der Waals surface area (Å²) in [5.41, 5.74) is 0.677. The van der Waals surface area contributed by atoms with Crippen molar-refractivity contribution in [3.05, 3.63) is 23.2 Å². The van der Waals surface area contributed by atoms with E-state index in [9.17, 15) is 9.59 Å². The first kappa shape index (κ1) is 18.4. The fourth-order valence-corrected chi connectivity index (χ4v) is 3.02. The van der Waals surface area contributed by atoms with E-state index in [4.69, 9.17) is 16.3 Å². The van der Waals surface area contributed by atoms with Crippen LogP contribution in [0.25, 0.3) is 0 Å². The minimum Gasteiger partial charge on any atom is -0.495 e. The number of halogens is 1. The summed E-state index contributed by atoms with van der Waals surface area (Å²) in [6.45, 7) is 1.68. The van der Waals surface area contributed by atoms with E-state index in [1.807, 2.05) is 0 Å². The first-order valence-corrected chi connectivity index (χ1v) is 8.59. The highest BCUT2D eigenvalue weighted by Gasteiger charge is 2.19. The second-order valence-corrected chi connectivity index (χ2v) is 6.42. The van der Waals surface area contributed by atoms with E-state index in [-0.39, 0.29) is 6.04 Å². The van der Waals surface area contributed by atoms with Crippen LogP contribution in [0.15, 0.2) is 18.2 Å². The van der Waals surface area contributed by atoms with Gasteiger partial charge in [0, 0.05) is 11.7 Å². The third-order valence-electron chi connectivity index (χ3n) is 4.11. The monoisotopic (exact) mass is 353 g/mol. The number of benzene rings is 1. The number of carbonyl (C=O) groups excluding carboxylic acids is 2. The largest absolute Gasteiger partial charge is 0.495 e. The Balaban J connectivity index is 1.82. The number of ether oxygens (including phenoxy) is 1. The first-order chi connectivity index (χ1) is 11.5. The van der Waals surface area contributed by atoms with Crippen molar-refractivity contribution in [3.63, 3.8) is 0 Å². The lowest BCUT2D eigenvalue weighted by molar-refractivity contribution is -0.120. The Bertz CT molecular complexity index is 588. The zero-order valence-corrected chi connectivity index (χ0v) is 14.8. The lowest BCUT2D eigenvalue weighted by Gasteiger charge is -2.23. The Hall–Kier alpha value is -1.95. The summed E-state index contributed by atoms with van der Waals surface area (Å²) in [4.78, 5) is 24.0. The summed E-state index contributed by atoms with van der Waals surface area (Å²) in [5, 5.41) is 8.69. The highest BCUT2D eigenvalue weighted by Crippen LogP contribution is 2.27. The van der Waals surface area contributed by atoms with Crippen LogP contribution in [0, 0.1) is 0 Å². The van der Waals surface area contributed by atoms with Crippen molar-refractivity contribution >= 4 is 29.2 Å². The van der Waals surface area contributed by atoms with E-state index in [2.05, 4.69) is 16.0 Å². The third-order valence-corrected chi connectivity index (χ3v) is 4.40. The van der Waals surface area contributed by atoms with Crippen LogP contribution >= 0.6 is 11.6 Å². The molecule has 0 aromatic heterocycles. The van der Waals surface area contributed by atoms with Gasteiger partial charge in [-0.1, -0.05) is 30.9 Å². The van der Waals surface area contributed by atoms with Crippen molar-refractivity contribution in [3.8, 4) is 5.75 Å². The van der Waals surface area contributed by atoms with Gasteiger partial charge in [-0.3, -0.25) is 10.1 Å². The lowest BCUT2D eigenvalue weighted by atomic mass is 9.96. The van der Waals surface area contributed by atoms with Gasteiger partial charge in [0.25, 0.3) is 0 Å². The topological polar surface area (TPSA) is 79.5 Å². The Morgan fingerprint density at radius 1 is 1.25 bits per heavy atom. The number of amides is 3. The second-order valence-electron chi connectivity index (χ2n) is 6.01. The van der Waals surface area contributed by atoms with Gasteiger partial charge in [-0.2, -0.15) is 0 Å². The minimum atomic E-state index is -0.577. The zero-order valence-electron chi connectivity index (χ0n) is 14.0. The van der Waals surface area contributed by atoms with Crippen molar-refractivity contribution in [2.45, 2.75) is 51.1 Å². The van der Waals surface area contributed by atoms with Gasteiger partial charge < -0.3 is 15.4 Å². The summed E-state index contributed by atoms with van der Waals surface area (Å²) < 4.78 is 5.09. The quantitative estimate of drug-likeness (QED) is 0.758. The summed E-state index contributed by atoms with van der Waals surface area (Å²) in [7, 11) is 1.54. The van der Waals surface area contributed by atoms with Gasteiger partial charge in [0.05, 0.1) is 12.1 Å². The molecule has 0 saturated heterocycles. The molecule has 132 valence electrons. The third kappa shape index (κ3) is 5.30. The molecule has 6 nitrogen and oxygen atoms in total. The molecule has 1 saturated carbocycles. The summed E-state index contributed by atoms with van der Waals surface area (Å²) in [6.07, 6.45) is 5.40. The van der Waals surface area contributed by atoms with E-state index in [0.717, 1.165) is 25.7 Å². The minimum absolute atomic E-state index is 0.162. The number of urea groups is 1. The fraction of sp³-hybridized carbons (Fsp3) is 0.529. The number of nitrogens with one attached hydrogen (secondary N) is 3. The summed E-state index contributed by atoms with van der Waals surface area (Å²) >= 11 is 6.06. The summed E-state index contributed by atoms with van der Waals surface area (Å²) in [5.74, 6) is 0.168. The molecular weight excluding hydrogens is 330 g/mol. The molecule has 0 radical (unpaired) electrons. The van der Waals surface area contributed by atoms with Gasteiger partial charge in [-0.25, -0.2) is 4.79 Å². The van der Waals surface area contributed by atoms with Crippen LogP contribution in [0.2, 0.25) is 5.02 Å². The number of carbonyl (C=O) groups is 2. The van der Waals surface area contributed by atoms with Gasteiger partial charge in [0.1, 0.15) is 11.8 Å². The standard InChI is InChI=1S/C17H24ClN3O3/c1-11(19-13-8-9-15(24-2)14(18)10-13)16(22)21-17(23)20-12-6-4-3-5-7-12/h8-12,19H,3-7H2,1-2H3,(H2,20,21,22,23). The second kappa shape index (κ2) is 8.78. The average molecular weight is 354 g/mol. The highest BCUT2D eigenvalue weighted by molar-refractivity contribution is 6.32. The first-order valence-electron chi connectivity index (χ1n) is 8.21. The number of rotatable bonds is 5. The highest BCUT2D eigenvalue weighted by atomic mass is 35.5. The maximum Gasteiger partial charge on any atom is 0.321 e. The van der Waals surface area contributed by atoms with Crippen LogP contribution in [-0.2, 0) is 4.79 Å². The van der Waals surface area contributed by atoms with Crippen LogP contribution in [0.5, 0.6) is 5.75 Å². The van der Waals surface area contributed by atoms with Crippen molar-refractivity contribution in [2.24, 2.45) is 0 Å². The SMILES string of the molecule is COc1ccc(NC(C)C(=O)NC(=O)NC2CCCCC2)cc1Cl. The van der Waals surface area contributed by atoms with Gasteiger partial charge >= 0.3 is 6.03 Å². The van der Waals surface area contributed by atoms with Gasteiger partial charge in [-0.15, -0.1) is 0 Å². The molecule has 3 N–H and O–H groups in total. The number of hydrogen-bond acceptors (Lipinski definition) is 4. The van der Waals surface area contributed by atoms with Gasteiger partial charge in [0.15, 0.2) is 0 Å². The lowest BCUT2D eigenvalue weighted by Crippen LogP contribution is -2.49. The molecule has 7 heteroatoms. The molecule has 3 amide bonds. The zero-order chi connectivity index (χ0) is 17.5. The fourth-order valence-electron chi connectivity index (χ4n) is 2.76. The molecule has 2 rings (SSSR count). The van der Waals surface area contributed by atoms with Gasteiger partial charge in [0.2, 0.25) is 5.91 Å². The molecule has 1 aromatic rings. The molecule has 1 aromatic carbocycles. The van der Waals surface area contributed by atoms with Crippen LogP contribution in [0.4, 0.5) is 10.5 Å². The normalized spacial score (nSPS) is 16.1. The van der Waals surface area contributed by atoms with E-state index in [0.29, 0.717) is 16.5 Å². The smallest absolute Gasteiger partial charge is 0.321 e. The number of imide groups is 1. The van der Waals surface area contributed by atoms with E-state index in [1.165, 1.54) is 13.5 Å². The maximum absolute atomic E-state index is 12.1. The number of methoxy groups -OCH3 is 1. The molecule has 0 spiro atoms. The Labute approximate surface area is 147 Å². The van der Waals surface area contributed by atoms with Crippen LogP contribution in [0.3, 0.4) is 0 Å². The molecule has 0 bridgehead atoms. The Morgan fingerprint density at radius 3 is 2.58 bits per heavy atom. The average Bonchev–Trinajstić information content (AvgIpc) is 2.55. The molecule has 1 atom stereocenters. The maximum atomic E-state index is 12.1. The molecular formula is C17H24ClN3O3. The number of anilines is 1. The van der Waals surface area contributed by atoms with E-state index in [1.54, 1.807) is 25.1 Å². The molecule has 1 unspecified atom stereocenters. The van der Waals surface area contributed by atoms with Crippen LogP contribution < -0.4 is 20.7 Å². The number of hydrogen-bond donors (Lipinski definition) is 3. The van der Waals surface area contributed by atoms with E-state index >= 15 is 0 Å². The molecule has 1 fully saturated rings. The van der Waals surface area contributed by atoms with Gasteiger partial charge in [-0.05, 0) is 38.0 Å². The van der Waals surface area contributed by atoms with E-state index < -0.39 is 18.0 Å². The molecule has 1 aliphatic rings. The molecule has 1 aliphatic carbocycles. The molecule has 24 heavy (non-hydrogen) atoms. The predicted molar refractivity (Wildman–Crippen MR) is 94.6 cm³/mol. The Morgan fingerprint density at radius 2 is 1.96 bits per heavy atom. The van der Waals surface area contributed by atoms with Crippen LogP contribution in [-0.4, -0.2) is 31.1 Å². The van der Waals surface area contributed by atoms with Crippen molar-refractivity contribution in [1.82, 2.24) is 10.6 Å². The molecule has 0 heterocycles. The van der Waals surface area contributed by atoms with Crippen molar-refractivity contribution in [2.75, 3.05) is 12.4 Å². The van der Waals surface area contributed by atoms with Crippen molar-refractivity contribution in [1.29, 1.82) is 0 Å². The predicted octanol–water partition coefficient (Wildman–Crippen LogP) is 3.31. The van der Waals surface area contributed by atoms with Crippen LogP contribution in [0.1, 0.15) is 39.0 Å². The van der Waals surface area contributed by atoms with Crippen molar-refractivity contribution < 1.29 is 14.3 Å².